The van der Waals surface area contributed by atoms with Gasteiger partial charge >= 0.3 is 0 Å². The summed E-state index contributed by atoms with van der Waals surface area (Å²) in [5.41, 5.74) is 0.893. The normalized spacial score (nSPS) is 24.6. The second-order valence-electron chi connectivity index (χ2n) is 8.07. The van der Waals surface area contributed by atoms with Gasteiger partial charge in [-0.3, -0.25) is 19.3 Å². The molecule has 0 radical (unpaired) electrons. The number of fused-ring (bicyclic) bond motifs is 1. The van der Waals surface area contributed by atoms with Crippen molar-refractivity contribution in [3.63, 3.8) is 0 Å². The zero-order valence-electron chi connectivity index (χ0n) is 16.3. The van der Waals surface area contributed by atoms with E-state index < -0.39 is 9.84 Å². The van der Waals surface area contributed by atoms with E-state index in [1.807, 2.05) is 12.2 Å². The summed E-state index contributed by atoms with van der Waals surface area (Å²) in [7, 11) is -3.23. The Morgan fingerprint density at radius 1 is 1.00 bits per heavy atom. The fourth-order valence-corrected chi connectivity index (χ4v) is 4.95. The fraction of sp³-hybridized carbons (Fsp3) is 0.476. The number of carbonyl (C=O) groups excluding carboxylic acids is 3. The van der Waals surface area contributed by atoms with Gasteiger partial charge in [0, 0.05) is 25.8 Å². The maximum Gasteiger partial charge on any atom is 0.233 e. The lowest BCUT2D eigenvalue weighted by Crippen LogP contribution is -2.62. The van der Waals surface area contributed by atoms with Crippen molar-refractivity contribution in [1.29, 1.82) is 0 Å². The average molecular weight is 416 g/mol. The van der Waals surface area contributed by atoms with Crippen molar-refractivity contribution in [3.8, 4) is 0 Å². The van der Waals surface area contributed by atoms with Crippen LogP contribution in [0.15, 0.2) is 41.3 Å². The van der Waals surface area contributed by atoms with Gasteiger partial charge in [0.05, 0.1) is 22.8 Å². The van der Waals surface area contributed by atoms with E-state index in [2.05, 4.69) is 0 Å². The van der Waals surface area contributed by atoms with Crippen LogP contribution in [-0.2, 0) is 30.6 Å². The summed E-state index contributed by atoms with van der Waals surface area (Å²) in [6.07, 6.45) is 7.17. The van der Waals surface area contributed by atoms with Gasteiger partial charge in [0.1, 0.15) is 0 Å². The molecule has 8 heteroatoms. The van der Waals surface area contributed by atoms with Crippen molar-refractivity contribution in [2.45, 2.75) is 36.6 Å². The van der Waals surface area contributed by atoms with E-state index in [-0.39, 0.29) is 40.5 Å². The number of carbonyl (C=O) groups is 3. The highest BCUT2D eigenvalue weighted by Crippen LogP contribution is 2.37. The van der Waals surface area contributed by atoms with Crippen LogP contribution in [0.1, 0.15) is 24.8 Å². The van der Waals surface area contributed by atoms with E-state index in [4.69, 9.17) is 0 Å². The summed E-state index contributed by atoms with van der Waals surface area (Å²) in [4.78, 5) is 41.0. The Morgan fingerprint density at radius 2 is 1.55 bits per heavy atom. The number of hydrogen-bond donors (Lipinski definition) is 0. The molecule has 2 unspecified atom stereocenters. The van der Waals surface area contributed by atoms with Crippen LogP contribution in [0.4, 0.5) is 0 Å². The van der Waals surface area contributed by atoms with Crippen LogP contribution >= 0.6 is 0 Å². The highest BCUT2D eigenvalue weighted by atomic mass is 32.2. The van der Waals surface area contributed by atoms with Gasteiger partial charge in [0.2, 0.25) is 17.7 Å². The van der Waals surface area contributed by atoms with Crippen LogP contribution in [0, 0.1) is 11.8 Å². The van der Waals surface area contributed by atoms with E-state index in [0.29, 0.717) is 38.8 Å². The van der Waals surface area contributed by atoms with Gasteiger partial charge in [0.15, 0.2) is 9.84 Å². The number of imide groups is 1. The van der Waals surface area contributed by atoms with Crippen molar-refractivity contribution in [2.75, 3.05) is 19.3 Å². The van der Waals surface area contributed by atoms with Crippen molar-refractivity contribution in [3.05, 3.63) is 42.0 Å². The average Bonchev–Trinajstić information content (AvgIpc) is 2.90. The minimum Gasteiger partial charge on any atom is -0.338 e. The van der Waals surface area contributed by atoms with Crippen LogP contribution in [0.2, 0.25) is 0 Å². The molecule has 2 heterocycles. The zero-order valence-corrected chi connectivity index (χ0v) is 17.1. The minimum absolute atomic E-state index is 0.0217. The van der Waals surface area contributed by atoms with Crippen LogP contribution in [0.25, 0.3) is 0 Å². The molecule has 29 heavy (non-hydrogen) atoms. The third kappa shape index (κ3) is 3.73. The first kappa shape index (κ1) is 19.8. The lowest BCUT2D eigenvalue weighted by Gasteiger charge is -2.43. The molecule has 2 saturated heterocycles. The zero-order chi connectivity index (χ0) is 20.8. The number of sulfone groups is 1. The number of rotatable bonds is 5. The van der Waals surface area contributed by atoms with Gasteiger partial charge < -0.3 is 4.90 Å². The number of allylic oxidation sites excluding steroid dienone is 2. The second kappa shape index (κ2) is 7.40. The summed E-state index contributed by atoms with van der Waals surface area (Å²) >= 11 is 0. The van der Waals surface area contributed by atoms with Crippen LogP contribution in [-0.4, -0.2) is 61.3 Å². The molecule has 154 valence electrons. The number of benzene rings is 1. The van der Waals surface area contributed by atoms with E-state index in [1.54, 1.807) is 29.2 Å². The Hall–Kier alpha value is -2.48. The largest absolute Gasteiger partial charge is 0.338 e. The summed E-state index contributed by atoms with van der Waals surface area (Å²) in [6.45, 7) is 0.798. The Balaban J connectivity index is 1.28. The highest BCUT2D eigenvalue weighted by molar-refractivity contribution is 7.90. The molecule has 0 N–H and O–H groups in total. The van der Waals surface area contributed by atoms with Crippen molar-refractivity contribution < 1.29 is 22.8 Å². The molecule has 1 aliphatic carbocycles. The smallest absolute Gasteiger partial charge is 0.233 e. The number of nitrogens with zero attached hydrogens (tertiary/aromatic N) is 2. The lowest BCUT2D eigenvalue weighted by atomic mass is 9.85. The Bertz CT molecular complexity index is 951. The molecule has 0 aromatic heterocycles. The Kier molecular flexibility index (Phi) is 5.06. The van der Waals surface area contributed by atoms with Gasteiger partial charge in [-0.1, -0.05) is 24.3 Å². The first-order chi connectivity index (χ1) is 13.8. The number of hydrogen-bond acceptors (Lipinski definition) is 5. The standard InChI is InChI=1S/C21H24N2O5S/c1-29(27,28)16-9-6-14(7-10-16)8-11-19(24)22-12-15(13-22)23-20(25)17-4-2-3-5-18(17)21(23)26/h2-3,6-7,9-10,15,17-18H,4-5,8,11-13H2,1H3. The quantitative estimate of drug-likeness (QED) is 0.531. The van der Waals surface area contributed by atoms with Crippen molar-refractivity contribution >= 4 is 27.6 Å². The molecule has 0 saturated carbocycles. The molecule has 2 aliphatic heterocycles. The maximum absolute atomic E-state index is 12.6. The fourth-order valence-electron chi connectivity index (χ4n) is 4.32. The Labute approximate surface area is 170 Å². The minimum atomic E-state index is -3.23. The molecule has 3 aliphatic rings. The monoisotopic (exact) mass is 416 g/mol. The van der Waals surface area contributed by atoms with Crippen LogP contribution in [0.3, 0.4) is 0 Å². The van der Waals surface area contributed by atoms with Gasteiger partial charge in [-0.2, -0.15) is 0 Å². The number of likely N-dealkylation sites (tertiary alicyclic amines) is 2. The maximum atomic E-state index is 12.6. The molecule has 7 nitrogen and oxygen atoms in total. The van der Waals surface area contributed by atoms with E-state index in [0.717, 1.165) is 11.8 Å². The number of aryl methyl sites for hydroxylation is 1. The molecule has 3 amide bonds. The molecule has 1 aromatic rings. The lowest BCUT2D eigenvalue weighted by molar-refractivity contribution is -0.152. The van der Waals surface area contributed by atoms with Crippen LogP contribution in [0.5, 0.6) is 0 Å². The molecule has 4 rings (SSSR count). The molecule has 0 bridgehead atoms. The molecular formula is C21H24N2O5S. The van der Waals surface area contributed by atoms with Gasteiger partial charge in [0.25, 0.3) is 0 Å². The van der Waals surface area contributed by atoms with E-state index in [1.165, 1.54) is 4.90 Å². The molecule has 1 aromatic carbocycles. The molecule has 2 fully saturated rings. The van der Waals surface area contributed by atoms with Crippen molar-refractivity contribution in [1.82, 2.24) is 9.80 Å². The third-order valence-electron chi connectivity index (χ3n) is 6.10. The third-order valence-corrected chi connectivity index (χ3v) is 7.23. The van der Waals surface area contributed by atoms with E-state index in [9.17, 15) is 22.8 Å². The van der Waals surface area contributed by atoms with Gasteiger partial charge in [-0.05, 0) is 37.0 Å². The summed E-state index contributed by atoms with van der Waals surface area (Å²) < 4.78 is 23.0. The van der Waals surface area contributed by atoms with Crippen LogP contribution < -0.4 is 0 Å². The molecular weight excluding hydrogens is 392 g/mol. The first-order valence-corrected chi connectivity index (χ1v) is 11.7. The molecule has 2 atom stereocenters. The summed E-state index contributed by atoms with van der Waals surface area (Å²) in [6, 6.07) is 6.33. The summed E-state index contributed by atoms with van der Waals surface area (Å²) in [5, 5.41) is 0. The summed E-state index contributed by atoms with van der Waals surface area (Å²) in [5.74, 6) is -0.661. The number of amides is 3. The Morgan fingerprint density at radius 3 is 2.07 bits per heavy atom. The van der Waals surface area contributed by atoms with Crippen molar-refractivity contribution in [2.24, 2.45) is 11.8 Å². The second-order valence-corrected chi connectivity index (χ2v) is 10.1. The highest BCUT2D eigenvalue weighted by Gasteiger charge is 2.52. The predicted octanol–water partition coefficient (Wildman–Crippen LogP) is 1.18. The van der Waals surface area contributed by atoms with Gasteiger partial charge in [-0.25, -0.2) is 8.42 Å². The molecule has 0 spiro atoms. The van der Waals surface area contributed by atoms with Gasteiger partial charge in [-0.15, -0.1) is 0 Å². The first-order valence-electron chi connectivity index (χ1n) is 9.84. The topological polar surface area (TPSA) is 91.8 Å². The predicted molar refractivity (Wildman–Crippen MR) is 105 cm³/mol. The SMILES string of the molecule is CS(=O)(=O)c1ccc(CCC(=O)N2CC(N3C(=O)C4CC=CCC4C3=O)C2)cc1. The van der Waals surface area contributed by atoms with E-state index >= 15 is 0 Å².